The molecule has 2 aromatic rings. The number of furan rings is 1. The number of aromatic nitrogens is 1. The van der Waals surface area contributed by atoms with Crippen molar-refractivity contribution in [1.82, 2.24) is 20.3 Å². The van der Waals surface area contributed by atoms with E-state index >= 15 is 0 Å². The molecule has 0 saturated carbocycles. The zero-order valence-electron chi connectivity index (χ0n) is 14.2. The third-order valence-electron chi connectivity index (χ3n) is 4.32. The second-order valence-electron chi connectivity index (χ2n) is 6.25. The van der Waals surface area contributed by atoms with Crippen LogP contribution in [0.5, 0.6) is 0 Å². The molecule has 1 aliphatic heterocycles. The summed E-state index contributed by atoms with van der Waals surface area (Å²) >= 11 is 0. The summed E-state index contributed by atoms with van der Waals surface area (Å²) in [6.45, 7) is 4.85. The maximum absolute atomic E-state index is 12.4. The third-order valence-corrected chi connectivity index (χ3v) is 4.32. The highest BCUT2D eigenvalue weighted by Gasteiger charge is 2.26. The van der Waals surface area contributed by atoms with Crippen molar-refractivity contribution in [2.45, 2.75) is 32.4 Å². The van der Waals surface area contributed by atoms with Gasteiger partial charge in [-0.05, 0) is 45.0 Å². The van der Waals surface area contributed by atoms with E-state index in [4.69, 9.17) is 8.94 Å². The molecular weight excluding hydrogens is 308 g/mol. The van der Waals surface area contributed by atoms with E-state index in [1.165, 1.54) is 12.8 Å². The largest absolute Gasteiger partial charge is 0.468 e. The number of hydrogen-bond acceptors (Lipinski definition) is 5. The summed E-state index contributed by atoms with van der Waals surface area (Å²) in [7, 11) is 1.75. The van der Waals surface area contributed by atoms with Crippen LogP contribution in [0.3, 0.4) is 0 Å². The predicted molar refractivity (Wildman–Crippen MR) is 88.4 cm³/mol. The molecule has 3 rings (SSSR count). The summed E-state index contributed by atoms with van der Waals surface area (Å²) < 4.78 is 10.6. The van der Waals surface area contributed by atoms with Gasteiger partial charge in [0.2, 0.25) is 0 Å². The van der Waals surface area contributed by atoms with E-state index in [9.17, 15) is 4.79 Å². The lowest BCUT2D eigenvalue weighted by Gasteiger charge is -2.27. The molecule has 130 valence electrons. The van der Waals surface area contributed by atoms with Crippen LogP contribution in [-0.2, 0) is 6.54 Å². The lowest BCUT2D eigenvalue weighted by molar-refractivity contribution is 0.186. The summed E-state index contributed by atoms with van der Waals surface area (Å²) in [6, 6.07) is 5.64. The topological polar surface area (TPSA) is 74.8 Å². The summed E-state index contributed by atoms with van der Waals surface area (Å²) in [5.74, 6) is 1.64. The van der Waals surface area contributed by atoms with E-state index in [1.54, 1.807) is 18.2 Å². The number of hydrogen-bond donors (Lipinski definition) is 1. The van der Waals surface area contributed by atoms with Crippen molar-refractivity contribution < 1.29 is 13.7 Å². The predicted octanol–water partition coefficient (Wildman–Crippen LogP) is 2.55. The van der Waals surface area contributed by atoms with Gasteiger partial charge < -0.3 is 19.2 Å². The van der Waals surface area contributed by atoms with Crippen molar-refractivity contribution in [3.8, 4) is 0 Å². The molecule has 0 bridgehead atoms. The highest BCUT2D eigenvalue weighted by Crippen LogP contribution is 2.24. The number of carbonyl (C=O) groups excluding carboxylic acids is 1. The number of urea groups is 1. The molecule has 7 heteroatoms. The van der Waals surface area contributed by atoms with Gasteiger partial charge in [0.25, 0.3) is 0 Å². The Morgan fingerprint density at radius 3 is 2.88 bits per heavy atom. The second-order valence-corrected chi connectivity index (χ2v) is 6.25. The van der Waals surface area contributed by atoms with Crippen LogP contribution in [0.1, 0.15) is 36.1 Å². The monoisotopic (exact) mass is 332 g/mol. The van der Waals surface area contributed by atoms with Gasteiger partial charge >= 0.3 is 6.03 Å². The first-order chi connectivity index (χ1) is 11.6. The van der Waals surface area contributed by atoms with Gasteiger partial charge in [0.1, 0.15) is 17.2 Å². The van der Waals surface area contributed by atoms with E-state index in [2.05, 4.69) is 15.4 Å². The van der Waals surface area contributed by atoms with Crippen LogP contribution in [0.2, 0.25) is 0 Å². The lowest BCUT2D eigenvalue weighted by Crippen LogP contribution is -2.42. The zero-order valence-corrected chi connectivity index (χ0v) is 14.2. The van der Waals surface area contributed by atoms with Crippen LogP contribution in [0.25, 0.3) is 0 Å². The molecule has 0 unspecified atom stereocenters. The molecule has 1 N–H and O–H groups in total. The molecule has 0 aliphatic carbocycles. The molecule has 1 atom stereocenters. The molecule has 24 heavy (non-hydrogen) atoms. The minimum Gasteiger partial charge on any atom is -0.468 e. The van der Waals surface area contributed by atoms with Crippen molar-refractivity contribution in [2.75, 3.05) is 26.7 Å². The van der Waals surface area contributed by atoms with Crippen LogP contribution >= 0.6 is 0 Å². The molecular formula is C17H24N4O3. The molecule has 2 aromatic heterocycles. The molecule has 1 aliphatic rings. The van der Waals surface area contributed by atoms with Crippen LogP contribution in [-0.4, -0.2) is 47.7 Å². The van der Waals surface area contributed by atoms with Crippen molar-refractivity contribution in [3.63, 3.8) is 0 Å². The Hall–Kier alpha value is -2.28. The first kappa shape index (κ1) is 16.6. The van der Waals surface area contributed by atoms with E-state index in [1.807, 2.05) is 25.1 Å². The standard InChI is InChI=1S/C17H24N4O3/c1-13-10-14(19-24-13)12-20(2)17(22)18-11-15(16-6-5-9-23-16)21-7-3-4-8-21/h5-6,9-10,15H,3-4,7-8,11-12H2,1-2H3,(H,18,22)/t15-/m1/s1. The Morgan fingerprint density at radius 1 is 1.46 bits per heavy atom. The van der Waals surface area contributed by atoms with Crippen molar-refractivity contribution in [1.29, 1.82) is 0 Å². The fourth-order valence-corrected chi connectivity index (χ4v) is 3.07. The number of amides is 2. The summed E-state index contributed by atoms with van der Waals surface area (Å²) in [5.41, 5.74) is 0.743. The Labute approximate surface area is 141 Å². The number of likely N-dealkylation sites (tertiary alicyclic amines) is 1. The average molecular weight is 332 g/mol. The van der Waals surface area contributed by atoms with Gasteiger partial charge in [0.15, 0.2) is 0 Å². The normalized spacial score (nSPS) is 16.2. The summed E-state index contributed by atoms with van der Waals surface area (Å²) in [5, 5.41) is 6.92. The van der Waals surface area contributed by atoms with Gasteiger partial charge in [-0.3, -0.25) is 4.90 Å². The molecule has 0 spiro atoms. The molecule has 0 aromatic carbocycles. The van der Waals surface area contributed by atoms with Gasteiger partial charge in [-0.25, -0.2) is 4.79 Å². The van der Waals surface area contributed by atoms with Crippen LogP contribution in [0.4, 0.5) is 4.79 Å². The van der Waals surface area contributed by atoms with Gasteiger partial charge in [-0.15, -0.1) is 0 Å². The summed E-state index contributed by atoms with van der Waals surface area (Å²) in [6.07, 6.45) is 4.06. The smallest absolute Gasteiger partial charge is 0.317 e. The van der Waals surface area contributed by atoms with Gasteiger partial charge in [-0.1, -0.05) is 5.16 Å². The minimum absolute atomic E-state index is 0.0779. The first-order valence-electron chi connectivity index (χ1n) is 8.32. The molecule has 0 radical (unpaired) electrons. The van der Waals surface area contributed by atoms with Crippen molar-refractivity contribution >= 4 is 6.03 Å². The molecule has 1 fully saturated rings. The van der Waals surface area contributed by atoms with Crippen LogP contribution in [0.15, 0.2) is 33.4 Å². The highest BCUT2D eigenvalue weighted by atomic mass is 16.5. The van der Waals surface area contributed by atoms with E-state index < -0.39 is 0 Å². The maximum atomic E-state index is 12.4. The number of nitrogens with one attached hydrogen (secondary N) is 1. The van der Waals surface area contributed by atoms with Crippen molar-refractivity contribution in [3.05, 3.63) is 41.7 Å². The van der Waals surface area contributed by atoms with E-state index in [0.29, 0.717) is 13.1 Å². The third kappa shape index (κ3) is 3.97. The zero-order chi connectivity index (χ0) is 16.9. The quantitative estimate of drug-likeness (QED) is 0.880. The molecule has 3 heterocycles. The van der Waals surface area contributed by atoms with Crippen molar-refractivity contribution in [2.24, 2.45) is 0 Å². The number of nitrogens with zero attached hydrogens (tertiary/aromatic N) is 3. The van der Waals surface area contributed by atoms with Crippen LogP contribution < -0.4 is 5.32 Å². The average Bonchev–Trinajstić information content (AvgIpc) is 3.30. The fraction of sp³-hybridized carbons (Fsp3) is 0.529. The van der Waals surface area contributed by atoms with Gasteiger partial charge in [0, 0.05) is 19.7 Å². The number of aryl methyl sites for hydroxylation is 1. The highest BCUT2D eigenvalue weighted by molar-refractivity contribution is 5.73. The van der Waals surface area contributed by atoms with Gasteiger partial charge in [0.05, 0.1) is 18.8 Å². The van der Waals surface area contributed by atoms with E-state index in [-0.39, 0.29) is 12.1 Å². The Balaban J connectivity index is 1.56. The SMILES string of the molecule is Cc1cc(CN(C)C(=O)NC[C@H](c2ccco2)N2CCCC2)no1. The lowest BCUT2D eigenvalue weighted by atomic mass is 10.2. The second kappa shape index (κ2) is 7.53. The first-order valence-corrected chi connectivity index (χ1v) is 8.32. The minimum atomic E-state index is -0.133. The number of carbonyl (C=O) groups is 1. The summed E-state index contributed by atoms with van der Waals surface area (Å²) in [4.78, 5) is 16.3. The maximum Gasteiger partial charge on any atom is 0.317 e. The van der Waals surface area contributed by atoms with Crippen LogP contribution in [0, 0.1) is 6.92 Å². The molecule has 1 saturated heterocycles. The van der Waals surface area contributed by atoms with Gasteiger partial charge in [-0.2, -0.15) is 0 Å². The number of rotatable bonds is 6. The fourth-order valence-electron chi connectivity index (χ4n) is 3.07. The van der Waals surface area contributed by atoms with E-state index in [0.717, 1.165) is 30.3 Å². The molecule has 2 amide bonds. The Bertz CT molecular complexity index is 647. The molecule has 7 nitrogen and oxygen atoms in total. The Kier molecular flexibility index (Phi) is 5.20. The Morgan fingerprint density at radius 2 is 2.25 bits per heavy atom.